The van der Waals surface area contributed by atoms with Crippen LogP contribution in [0, 0.1) is 6.92 Å². The fourth-order valence-corrected chi connectivity index (χ4v) is 6.00. The molecule has 3 heterocycles. The zero-order valence-corrected chi connectivity index (χ0v) is 20.7. The molecule has 2 aliphatic heterocycles. The highest BCUT2D eigenvalue weighted by atomic mass is 32.1. The van der Waals surface area contributed by atoms with E-state index >= 15 is 0 Å². The number of carbonyl (C=O) groups is 2. The van der Waals surface area contributed by atoms with Crippen LogP contribution in [0.5, 0.6) is 0 Å². The summed E-state index contributed by atoms with van der Waals surface area (Å²) in [6.07, 6.45) is -2.81. The van der Waals surface area contributed by atoms with Crippen molar-refractivity contribution in [3.8, 4) is 0 Å². The van der Waals surface area contributed by atoms with Crippen molar-refractivity contribution in [2.45, 2.75) is 64.3 Å². The highest BCUT2D eigenvalue weighted by Crippen LogP contribution is 2.41. The number of fused-ring (bicyclic) bond motifs is 1. The Morgan fingerprint density at radius 1 is 1.24 bits per heavy atom. The molecule has 34 heavy (non-hydrogen) atoms. The molecule has 0 saturated carbocycles. The van der Waals surface area contributed by atoms with Crippen LogP contribution in [-0.4, -0.2) is 52.8 Å². The van der Waals surface area contributed by atoms with Gasteiger partial charge in [-0.05, 0) is 71.8 Å². The maximum absolute atomic E-state index is 13.8. The van der Waals surface area contributed by atoms with E-state index in [9.17, 15) is 22.8 Å². The maximum atomic E-state index is 13.8. The molecule has 184 valence electrons. The van der Waals surface area contributed by atoms with Crippen molar-refractivity contribution in [2.24, 2.45) is 0 Å². The predicted octanol–water partition coefficient (Wildman–Crippen LogP) is 5.80. The van der Waals surface area contributed by atoms with Crippen molar-refractivity contribution < 1.29 is 22.8 Å². The lowest BCUT2D eigenvalue weighted by Gasteiger charge is -2.46. The van der Waals surface area contributed by atoms with Gasteiger partial charge in [-0.3, -0.25) is 4.79 Å². The van der Waals surface area contributed by atoms with E-state index in [2.05, 4.69) is 0 Å². The topological polar surface area (TPSA) is 43.9 Å². The van der Waals surface area contributed by atoms with Gasteiger partial charge in [-0.15, -0.1) is 0 Å². The number of amides is 3. The van der Waals surface area contributed by atoms with Gasteiger partial charge in [0.25, 0.3) is 0 Å². The largest absolute Gasteiger partial charge is 0.416 e. The summed E-state index contributed by atoms with van der Waals surface area (Å²) in [6.45, 7) is 6.44. The van der Waals surface area contributed by atoms with E-state index in [1.165, 1.54) is 11.0 Å². The summed E-state index contributed by atoms with van der Waals surface area (Å²) >= 11 is 1.57. The second kappa shape index (κ2) is 9.24. The minimum absolute atomic E-state index is 0.0811. The first-order valence-electron chi connectivity index (χ1n) is 11.6. The summed E-state index contributed by atoms with van der Waals surface area (Å²) in [4.78, 5) is 31.4. The minimum atomic E-state index is -4.45. The van der Waals surface area contributed by atoms with Gasteiger partial charge in [0.2, 0.25) is 5.91 Å². The molecule has 1 aromatic carbocycles. The fraction of sp³-hybridized carbons (Fsp3) is 0.520. The Morgan fingerprint density at radius 2 is 1.97 bits per heavy atom. The van der Waals surface area contributed by atoms with Gasteiger partial charge in [0.15, 0.2) is 0 Å². The Morgan fingerprint density at radius 3 is 2.59 bits per heavy atom. The van der Waals surface area contributed by atoms with E-state index in [1.54, 1.807) is 36.3 Å². The van der Waals surface area contributed by atoms with Crippen LogP contribution in [0.4, 0.5) is 18.0 Å². The number of rotatable bonds is 4. The number of piperazine rings is 1. The number of carbonyl (C=O) groups excluding carboxylic acids is 2. The molecule has 9 heteroatoms. The highest BCUT2D eigenvalue weighted by Gasteiger charge is 2.46. The normalized spacial score (nSPS) is 21.6. The monoisotopic (exact) mass is 493 g/mol. The van der Waals surface area contributed by atoms with Gasteiger partial charge in [-0.1, -0.05) is 13.0 Å². The number of hydrogen-bond donors (Lipinski definition) is 0. The van der Waals surface area contributed by atoms with Gasteiger partial charge in [0.1, 0.15) is 0 Å². The van der Waals surface area contributed by atoms with E-state index in [4.69, 9.17) is 0 Å². The van der Waals surface area contributed by atoms with Crippen molar-refractivity contribution in [1.29, 1.82) is 0 Å². The Hall–Kier alpha value is -2.55. The molecule has 1 aromatic heterocycles. The summed E-state index contributed by atoms with van der Waals surface area (Å²) in [5, 5.41) is 4.07. The molecule has 4 rings (SSSR count). The fourth-order valence-electron chi connectivity index (χ4n) is 5.12. The number of hydrogen-bond acceptors (Lipinski definition) is 3. The Balaban J connectivity index is 1.65. The van der Waals surface area contributed by atoms with Gasteiger partial charge >= 0.3 is 12.2 Å². The van der Waals surface area contributed by atoms with Crippen LogP contribution in [0.15, 0.2) is 29.0 Å². The quantitative estimate of drug-likeness (QED) is 0.541. The molecule has 0 aliphatic carbocycles. The molecule has 0 bridgehead atoms. The Kier molecular flexibility index (Phi) is 6.68. The van der Waals surface area contributed by atoms with Crippen LogP contribution < -0.4 is 0 Å². The predicted molar refractivity (Wildman–Crippen MR) is 126 cm³/mol. The summed E-state index contributed by atoms with van der Waals surface area (Å²) in [6, 6.07) is 2.93. The Labute approximate surface area is 202 Å². The molecule has 0 radical (unpaired) electrons. The number of thiophene rings is 1. The van der Waals surface area contributed by atoms with E-state index in [-0.39, 0.29) is 24.0 Å². The number of nitrogens with zero attached hydrogens (tertiary/aromatic N) is 3. The molecule has 0 unspecified atom stereocenters. The van der Waals surface area contributed by atoms with Crippen molar-refractivity contribution in [3.63, 3.8) is 0 Å². The molecule has 3 amide bonds. The van der Waals surface area contributed by atoms with E-state index < -0.39 is 17.8 Å². The molecule has 2 aromatic rings. The van der Waals surface area contributed by atoms with Crippen molar-refractivity contribution in [3.05, 3.63) is 56.8 Å². The zero-order valence-electron chi connectivity index (χ0n) is 19.9. The Bertz CT molecular complexity index is 1080. The molecule has 3 atom stereocenters. The SMILES string of the molecule is CCc1cc([C@@H](C)N(C)C(=O)N2CCN3C(=O)CC[C@H]3[C@@H]2c2cscc2C)cc(C(F)(F)F)c1. The number of aryl methyl sites for hydroxylation is 2. The summed E-state index contributed by atoms with van der Waals surface area (Å²) in [7, 11) is 1.64. The lowest BCUT2D eigenvalue weighted by Crippen LogP contribution is -2.57. The molecule has 0 N–H and O–H groups in total. The van der Waals surface area contributed by atoms with E-state index in [0.29, 0.717) is 43.5 Å². The lowest BCUT2D eigenvalue weighted by molar-refractivity contribution is -0.137. The molecule has 0 spiro atoms. The van der Waals surface area contributed by atoms with Gasteiger partial charge < -0.3 is 14.7 Å². The molecule has 2 aliphatic rings. The molecule has 2 fully saturated rings. The van der Waals surface area contributed by atoms with Crippen molar-refractivity contribution in [1.82, 2.24) is 14.7 Å². The molecule has 5 nitrogen and oxygen atoms in total. The number of urea groups is 1. The van der Waals surface area contributed by atoms with Crippen LogP contribution in [0.1, 0.15) is 66.6 Å². The first kappa shape index (κ1) is 24.6. The minimum Gasteiger partial charge on any atom is -0.335 e. The number of halogens is 3. The standard InChI is InChI=1S/C25H30F3N3O2S/c1-5-17-10-18(12-19(11-17)25(26,27)28)16(3)29(4)24(33)31-9-8-30-21(6-7-22(30)32)23(31)20-14-34-13-15(20)2/h10-14,16,21,23H,5-9H2,1-4H3/t16-,21+,23+/m1/s1. The third-order valence-electron chi connectivity index (χ3n) is 7.23. The van der Waals surface area contributed by atoms with Crippen LogP contribution in [-0.2, 0) is 17.4 Å². The first-order valence-corrected chi connectivity index (χ1v) is 12.5. The summed E-state index contributed by atoms with van der Waals surface area (Å²) < 4.78 is 40.4. The number of benzene rings is 1. The third-order valence-corrected chi connectivity index (χ3v) is 8.11. The van der Waals surface area contributed by atoms with Crippen LogP contribution in [0.2, 0.25) is 0 Å². The molecule has 2 saturated heterocycles. The van der Waals surface area contributed by atoms with Crippen LogP contribution in [0.25, 0.3) is 0 Å². The van der Waals surface area contributed by atoms with E-state index in [1.807, 2.05) is 29.5 Å². The molecular weight excluding hydrogens is 463 g/mol. The lowest BCUT2D eigenvalue weighted by atomic mass is 9.93. The third kappa shape index (κ3) is 4.42. The van der Waals surface area contributed by atoms with Gasteiger partial charge in [-0.25, -0.2) is 4.79 Å². The smallest absolute Gasteiger partial charge is 0.335 e. The van der Waals surface area contributed by atoms with Crippen LogP contribution >= 0.6 is 11.3 Å². The van der Waals surface area contributed by atoms with Crippen LogP contribution in [0.3, 0.4) is 0 Å². The zero-order chi connectivity index (χ0) is 24.8. The molecular formula is C25H30F3N3O2S. The van der Waals surface area contributed by atoms with Crippen molar-refractivity contribution >= 4 is 23.3 Å². The average molecular weight is 494 g/mol. The summed E-state index contributed by atoms with van der Waals surface area (Å²) in [5.74, 6) is 0.118. The second-order valence-corrected chi connectivity index (χ2v) is 9.97. The van der Waals surface area contributed by atoms with Gasteiger partial charge in [0, 0.05) is 26.6 Å². The van der Waals surface area contributed by atoms with Crippen molar-refractivity contribution in [2.75, 3.05) is 20.1 Å². The first-order chi connectivity index (χ1) is 16.0. The average Bonchev–Trinajstić information content (AvgIpc) is 3.41. The second-order valence-electron chi connectivity index (χ2n) is 9.23. The number of alkyl halides is 3. The van der Waals surface area contributed by atoms with Gasteiger partial charge in [0.05, 0.1) is 23.7 Å². The van der Waals surface area contributed by atoms with E-state index in [0.717, 1.165) is 17.2 Å². The maximum Gasteiger partial charge on any atom is 0.416 e. The highest BCUT2D eigenvalue weighted by molar-refractivity contribution is 7.08. The van der Waals surface area contributed by atoms with Gasteiger partial charge in [-0.2, -0.15) is 24.5 Å². The summed E-state index contributed by atoms with van der Waals surface area (Å²) in [5.41, 5.74) is 2.47.